The van der Waals surface area contributed by atoms with E-state index in [0.717, 1.165) is 4.94 Å². The maximum absolute atomic E-state index is 13.0. The van der Waals surface area contributed by atoms with E-state index in [-0.39, 0.29) is 0 Å². The molecular formula is C6F14O4S. The van der Waals surface area contributed by atoms with Gasteiger partial charge in [0, 0.05) is 0 Å². The molecule has 0 saturated heterocycles. The Bertz CT molecular complexity index is 595. The number of rotatable bonds is 7. The lowest BCUT2D eigenvalue weighted by atomic mass is 10.2. The summed E-state index contributed by atoms with van der Waals surface area (Å²) in [6.07, 6.45) is -22.5. The third-order valence-corrected chi connectivity index (χ3v) is 3.01. The van der Waals surface area contributed by atoms with Crippen molar-refractivity contribution >= 4 is 10.2 Å². The van der Waals surface area contributed by atoms with Gasteiger partial charge in [-0.3, -0.25) is 4.74 Å². The highest BCUT2D eigenvalue weighted by Crippen LogP contribution is 2.55. The van der Waals surface area contributed by atoms with Crippen molar-refractivity contribution < 1.29 is 79.2 Å². The van der Waals surface area contributed by atoms with Crippen molar-refractivity contribution in [3.05, 3.63) is 0 Å². The van der Waals surface area contributed by atoms with Gasteiger partial charge in [0.2, 0.25) is 0 Å². The Kier molecular flexibility index (Phi) is 5.70. The van der Waals surface area contributed by atoms with Gasteiger partial charge in [0.1, 0.15) is 0 Å². The molecule has 25 heavy (non-hydrogen) atoms. The lowest BCUT2D eigenvalue weighted by molar-refractivity contribution is -0.545. The molecule has 0 rings (SSSR count). The molecule has 0 bridgehead atoms. The number of hydrogen-bond donors (Lipinski definition) is 0. The monoisotopic (exact) mass is 434 g/mol. The van der Waals surface area contributed by atoms with Gasteiger partial charge in [0.05, 0.1) is 0 Å². The summed E-state index contributed by atoms with van der Waals surface area (Å²) in [6, 6.07) is 0. The van der Waals surface area contributed by atoms with Crippen LogP contribution in [0.25, 0.3) is 0 Å². The lowest BCUT2D eigenvalue weighted by Crippen LogP contribution is -2.66. The van der Waals surface area contributed by atoms with Crippen LogP contribution in [-0.2, 0) is 19.9 Å². The smallest absolute Gasteiger partial charge is 0.262 e. The Labute approximate surface area is 126 Å². The molecule has 0 aromatic heterocycles. The standard InChI is InChI=1S/C6F14O4S/c7-1(8,6(17,18)25(20,21)22)4(13,14)23-2(9,3(10,11)12)5(15,16)24-19. The highest BCUT2D eigenvalue weighted by molar-refractivity contribution is 7.87. The Morgan fingerprint density at radius 3 is 1.28 bits per heavy atom. The summed E-state index contributed by atoms with van der Waals surface area (Å²) in [7, 11) is -8.02. The van der Waals surface area contributed by atoms with Gasteiger partial charge in [-0.2, -0.15) is 61.1 Å². The van der Waals surface area contributed by atoms with Gasteiger partial charge in [-0.05, 0) is 4.53 Å². The predicted octanol–water partition coefficient (Wildman–Crippen LogP) is 3.85. The minimum absolute atomic E-state index is 1.03. The van der Waals surface area contributed by atoms with E-state index in [1.807, 2.05) is 0 Å². The van der Waals surface area contributed by atoms with Crippen LogP contribution in [0.5, 0.6) is 0 Å². The van der Waals surface area contributed by atoms with Crippen LogP contribution in [0.4, 0.5) is 61.1 Å². The molecule has 0 aliphatic rings. The maximum atomic E-state index is 13.0. The van der Waals surface area contributed by atoms with Crippen molar-refractivity contribution in [2.45, 2.75) is 35.4 Å². The van der Waals surface area contributed by atoms with E-state index < -0.39 is 45.6 Å². The first-order valence-corrected chi connectivity index (χ1v) is 6.11. The van der Waals surface area contributed by atoms with E-state index in [4.69, 9.17) is 0 Å². The highest BCUT2D eigenvalue weighted by atomic mass is 32.3. The summed E-state index contributed by atoms with van der Waals surface area (Å²) in [5, 5.41) is -7.58. The number of halogens is 14. The molecule has 0 aliphatic heterocycles. The van der Waals surface area contributed by atoms with Crippen LogP contribution in [-0.4, -0.2) is 43.8 Å². The van der Waals surface area contributed by atoms with Crippen LogP contribution in [0.15, 0.2) is 0 Å². The summed E-state index contributed by atoms with van der Waals surface area (Å²) < 4.78 is 194. The number of alkyl halides is 12. The number of ether oxygens (including phenoxy) is 1. The number of hydrogen-bond acceptors (Lipinski definition) is 4. The van der Waals surface area contributed by atoms with E-state index in [1.165, 1.54) is 4.74 Å². The molecule has 19 heteroatoms. The molecular weight excluding hydrogens is 434 g/mol. The van der Waals surface area contributed by atoms with Crippen molar-refractivity contribution in [3.63, 3.8) is 0 Å². The molecule has 1 unspecified atom stereocenters. The Balaban J connectivity index is 6.36. The van der Waals surface area contributed by atoms with Crippen LogP contribution in [0.3, 0.4) is 0 Å². The molecule has 0 aliphatic carbocycles. The second-order valence-corrected chi connectivity index (χ2v) is 5.22. The third-order valence-electron chi connectivity index (χ3n) is 2.14. The van der Waals surface area contributed by atoms with Gasteiger partial charge < -0.3 is 0 Å². The minimum Gasteiger partial charge on any atom is -0.262 e. The molecule has 0 amide bonds. The van der Waals surface area contributed by atoms with E-state index in [2.05, 4.69) is 0 Å². The van der Waals surface area contributed by atoms with Crippen LogP contribution in [0.1, 0.15) is 0 Å². The normalized spacial score (nSPS) is 18.2. The van der Waals surface area contributed by atoms with E-state index in [1.54, 1.807) is 0 Å². The molecule has 0 fully saturated rings. The Hall–Kier alpha value is -1.11. The van der Waals surface area contributed by atoms with E-state index in [9.17, 15) is 69.5 Å². The van der Waals surface area contributed by atoms with Crippen molar-refractivity contribution in [1.29, 1.82) is 0 Å². The van der Waals surface area contributed by atoms with Crippen molar-refractivity contribution in [1.82, 2.24) is 0 Å². The predicted molar refractivity (Wildman–Crippen MR) is 43.0 cm³/mol. The van der Waals surface area contributed by atoms with Gasteiger partial charge in [-0.15, -0.1) is 4.94 Å². The summed E-state index contributed by atoms with van der Waals surface area (Å²) >= 11 is 0. The van der Waals surface area contributed by atoms with Crippen LogP contribution in [0, 0.1) is 0 Å². The first-order chi connectivity index (χ1) is 10.5. The fraction of sp³-hybridized carbons (Fsp3) is 1.00. The second-order valence-electron chi connectivity index (χ2n) is 3.83. The quantitative estimate of drug-likeness (QED) is 0.452. The fourth-order valence-corrected chi connectivity index (χ4v) is 1.32. The molecule has 1 atom stereocenters. The van der Waals surface area contributed by atoms with Gasteiger partial charge >= 0.3 is 45.6 Å². The highest BCUT2D eigenvalue weighted by Gasteiger charge is 2.85. The fourth-order valence-electron chi connectivity index (χ4n) is 0.895. The summed E-state index contributed by atoms with van der Waals surface area (Å²) in [4.78, 5) is 1.03. The van der Waals surface area contributed by atoms with Crippen molar-refractivity contribution in [3.8, 4) is 0 Å². The molecule has 0 heterocycles. The molecule has 0 N–H and O–H groups in total. The van der Waals surface area contributed by atoms with Crippen LogP contribution in [0.2, 0.25) is 0 Å². The Morgan fingerprint density at radius 1 is 0.680 bits per heavy atom. The molecule has 152 valence electrons. The Morgan fingerprint density at radius 2 is 1.04 bits per heavy atom. The molecule has 0 aromatic carbocycles. The van der Waals surface area contributed by atoms with Crippen LogP contribution < -0.4 is 0 Å². The summed E-state index contributed by atoms with van der Waals surface area (Å²) in [5.41, 5.74) is 0. The SMILES string of the molecule is O=S(=O)(F)C(F)(F)C(F)(F)C(F)(F)OC(F)(C(F)(F)F)C(F)(F)OF. The maximum Gasteiger partial charge on any atom is 0.458 e. The van der Waals surface area contributed by atoms with Gasteiger partial charge in [-0.25, -0.2) is 0 Å². The van der Waals surface area contributed by atoms with Crippen molar-refractivity contribution in [2.75, 3.05) is 0 Å². The summed E-state index contributed by atoms with van der Waals surface area (Å²) in [6.45, 7) is 0. The first-order valence-electron chi connectivity index (χ1n) is 4.73. The average Bonchev–Trinajstić information content (AvgIpc) is 2.34. The summed E-state index contributed by atoms with van der Waals surface area (Å²) in [5.74, 6) is -15.4. The zero-order valence-corrected chi connectivity index (χ0v) is 11.1. The first kappa shape index (κ1) is 23.9. The van der Waals surface area contributed by atoms with E-state index >= 15 is 0 Å². The van der Waals surface area contributed by atoms with Gasteiger partial charge in [-0.1, -0.05) is 3.89 Å². The third kappa shape index (κ3) is 3.57. The largest absolute Gasteiger partial charge is 0.458 e. The average molecular weight is 434 g/mol. The van der Waals surface area contributed by atoms with Crippen molar-refractivity contribution in [2.24, 2.45) is 0 Å². The van der Waals surface area contributed by atoms with E-state index in [0.29, 0.717) is 0 Å². The topological polar surface area (TPSA) is 52.6 Å². The molecule has 0 saturated carbocycles. The minimum atomic E-state index is -8.02. The van der Waals surface area contributed by atoms with Gasteiger partial charge in [0.15, 0.2) is 0 Å². The van der Waals surface area contributed by atoms with Gasteiger partial charge in [0.25, 0.3) is 0 Å². The zero-order chi connectivity index (χ0) is 20.9. The molecule has 0 radical (unpaired) electrons. The molecule has 0 aromatic rings. The molecule has 4 nitrogen and oxygen atoms in total. The molecule has 0 spiro atoms. The zero-order valence-electron chi connectivity index (χ0n) is 10.3. The second kappa shape index (κ2) is 5.96. The van der Waals surface area contributed by atoms with Crippen LogP contribution >= 0.6 is 0 Å². The lowest BCUT2D eigenvalue weighted by Gasteiger charge is -2.37.